The van der Waals surface area contributed by atoms with E-state index in [1.54, 1.807) is 6.26 Å². The fraction of sp³-hybridized carbons (Fsp3) is 0.588. The number of nitrogens with one attached hydrogen (secondary N) is 1. The third kappa shape index (κ3) is 5.44. The lowest BCUT2D eigenvalue weighted by Gasteiger charge is -2.36. The first-order chi connectivity index (χ1) is 12.2. The van der Waals surface area contributed by atoms with Gasteiger partial charge in [0.25, 0.3) is 0 Å². The molecule has 0 radical (unpaired) electrons. The van der Waals surface area contributed by atoms with Crippen molar-refractivity contribution in [2.75, 3.05) is 33.2 Å². The number of hydrogen-bond donors (Lipinski definition) is 1. The number of hydrogen-bond acceptors (Lipinski definition) is 6. The Labute approximate surface area is 171 Å². The summed E-state index contributed by atoms with van der Waals surface area (Å²) >= 11 is 0. The number of aliphatic imine (C=N–C) groups is 1. The molecule has 144 valence electrons. The van der Waals surface area contributed by atoms with Crippen LogP contribution in [0.2, 0.25) is 0 Å². The zero-order valence-corrected chi connectivity index (χ0v) is 17.8. The monoisotopic (exact) mass is 474 g/mol. The molecule has 3 heterocycles. The topological polar surface area (TPSA) is 82.9 Å². The van der Waals surface area contributed by atoms with Gasteiger partial charge in [0.2, 0.25) is 0 Å². The van der Waals surface area contributed by atoms with Crippen LogP contribution in [0, 0.1) is 0 Å². The number of guanidine groups is 1. The normalized spacial score (nSPS) is 16.0. The Morgan fingerprint density at radius 2 is 2.04 bits per heavy atom. The molecule has 1 aliphatic heterocycles. The Morgan fingerprint density at radius 1 is 1.27 bits per heavy atom. The van der Waals surface area contributed by atoms with Gasteiger partial charge >= 0.3 is 0 Å². The Bertz CT molecular complexity index is 677. The zero-order valence-electron chi connectivity index (χ0n) is 15.5. The minimum absolute atomic E-state index is 0. The molecule has 1 aliphatic rings. The van der Waals surface area contributed by atoms with E-state index in [-0.39, 0.29) is 24.0 Å². The average Bonchev–Trinajstić information content (AvgIpc) is 3.28. The number of aromatic nitrogens is 2. The summed E-state index contributed by atoms with van der Waals surface area (Å²) in [4.78, 5) is 9.02. The van der Waals surface area contributed by atoms with Gasteiger partial charge in [-0.2, -0.15) is 0 Å². The van der Waals surface area contributed by atoms with E-state index >= 15 is 0 Å². The van der Waals surface area contributed by atoms with Crippen LogP contribution in [-0.2, 0) is 13.1 Å². The van der Waals surface area contributed by atoms with Crippen molar-refractivity contribution < 1.29 is 9.05 Å². The molecule has 1 fully saturated rings. The lowest BCUT2D eigenvalue weighted by atomic mass is 10.1. The maximum absolute atomic E-state index is 5.37. The molecule has 0 spiro atoms. The van der Waals surface area contributed by atoms with Gasteiger partial charge in [-0.25, -0.2) is 0 Å². The van der Waals surface area contributed by atoms with Crippen molar-refractivity contribution in [3.8, 4) is 0 Å². The molecule has 0 atom stereocenters. The molecule has 3 rings (SSSR count). The fourth-order valence-electron chi connectivity index (χ4n) is 2.85. The maximum atomic E-state index is 5.37. The summed E-state index contributed by atoms with van der Waals surface area (Å²) in [6, 6.07) is 3.91. The van der Waals surface area contributed by atoms with Gasteiger partial charge in [0.15, 0.2) is 11.7 Å². The van der Waals surface area contributed by atoms with Crippen molar-refractivity contribution in [3.63, 3.8) is 0 Å². The van der Waals surface area contributed by atoms with Crippen molar-refractivity contribution in [3.05, 3.63) is 35.5 Å². The van der Waals surface area contributed by atoms with Gasteiger partial charge in [-0.3, -0.25) is 9.89 Å². The summed E-state index contributed by atoms with van der Waals surface area (Å²) < 4.78 is 10.3. The molecule has 9 heteroatoms. The van der Waals surface area contributed by atoms with E-state index in [4.69, 9.17) is 9.05 Å². The molecule has 0 unspecified atom stereocenters. The second-order valence-corrected chi connectivity index (χ2v) is 6.53. The first-order valence-corrected chi connectivity index (χ1v) is 8.68. The molecule has 8 nitrogen and oxygen atoms in total. The molecule has 0 saturated carbocycles. The Kier molecular flexibility index (Phi) is 7.88. The quantitative estimate of drug-likeness (QED) is 0.405. The number of halogens is 1. The van der Waals surface area contributed by atoms with E-state index in [0.29, 0.717) is 12.5 Å². The Morgan fingerprint density at radius 3 is 2.62 bits per heavy atom. The predicted molar refractivity (Wildman–Crippen MR) is 110 cm³/mol. The third-order valence-electron chi connectivity index (χ3n) is 4.35. The minimum atomic E-state index is 0. The first-order valence-electron chi connectivity index (χ1n) is 8.68. The van der Waals surface area contributed by atoms with Gasteiger partial charge in [-0.05, 0) is 5.92 Å². The van der Waals surface area contributed by atoms with Gasteiger partial charge in [-0.15, -0.1) is 24.0 Å². The third-order valence-corrected chi connectivity index (χ3v) is 4.35. The van der Waals surface area contributed by atoms with Gasteiger partial charge in [0, 0.05) is 51.9 Å². The summed E-state index contributed by atoms with van der Waals surface area (Å²) in [7, 11) is 1.81. The van der Waals surface area contributed by atoms with E-state index < -0.39 is 0 Å². The van der Waals surface area contributed by atoms with Crippen molar-refractivity contribution in [1.82, 2.24) is 25.4 Å². The molecule has 0 aromatic carbocycles. The van der Waals surface area contributed by atoms with Crippen LogP contribution in [-0.4, -0.2) is 59.3 Å². The zero-order chi connectivity index (χ0) is 17.6. The fourth-order valence-corrected chi connectivity index (χ4v) is 2.85. The Hall–Kier alpha value is -1.62. The summed E-state index contributed by atoms with van der Waals surface area (Å²) in [6.07, 6.45) is 1.62. The summed E-state index contributed by atoms with van der Waals surface area (Å²) in [5.41, 5.74) is 1.95. The molecule has 0 bridgehead atoms. The highest BCUT2D eigenvalue weighted by Gasteiger charge is 2.20. The largest absolute Gasteiger partial charge is 0.364 e. The first kappa shape index (κ1) is 20.7. The molecule has 0 aliphatic carbocycles. The van der Waals surface area contributed by atoms with Crippen LogP contribution in [0.15, 0.2) is 32.4 Å². The smallest absolute Gasteiger partial charge is 0.194 e. The highest BCUT2D eigenvalue weighted by atomic mass is 127. The van der Waals surface area contributed by atoms with Gasteiger partial charge in [0.1, 0.15) is 6.26 Å². The predicted octanol–water partition coefficient (Wildman–Crippen LogP) is 2.30. The van der Waals surface area contributed by atoms with E-state index in [1.165, 1.54) is 0 Å². The van der Waals surface area contributed by atoms with E-state index in [1.807, 2.05) is 19.2 Å². The minimum Gasteiger partial charge on any atom is -0.364 e. The standard InChI is InChI=1S/C17H26N6O2.HI/c1-13(2)16-10-15(25-21-16)11-19-17(18-3)23-7-5-22(6-8-23)12-14-4-9-24-20-14;/h4,9-10,13H,5-8,11-12H2,1-3H3,(H,18,19);1H. The number of rotatable bonds is 5. The van der Waals surface area contributed by atoms with Gasteiger partial charge in [-0.1, -0.05) is 24.2 Å². The SMILES string of the molecule is CN=C(NCc1cc(C(C)C)no1)N1CCN(Cc2ccon2)CC1.I. The lowest BCUT2D eigenvalue weighted by molar-refractivity contribution is 0.168. The van der Waals surface area contributed by atoms with Crippen LogP contribution >= 0.6 is 24.0 Å². The molecule has 0 amide bonds. The molecule has 1 N–H and O–H groups in total. The van der Waals surface area contributed by atoms with E-state index in [2.05, 4.69) is 44.3 Å². The van der Waals surface area contributed by atoms with Crippen LogP contribution in [0.1, 0.15) is 36.9 Å². The maximum Gasteiger partial charge on any atom is 0.194 e. The van der Waals surface area contributed by atoms with Crippen LogP contribution in [0.25, 0.3) is 0 Å². The molecule has 2 aromatic heterocycles. The molecular formula is C17H27IN6O2. The van der Waals surface area contributed by atoms with Crippen LogP contribution < -0.4 is 5.32 Å². The highest BCUT2D eigenvalue weighted by molar-refractivity contribution is 14.0. The second kappa shape index (κ2) is 9.91. The van der Waals surface area contributed by atoms with E-state index in [9.17, 15) is 0 Å². The van der Waals surface area contributed by atoms with Crippen LogP contribution in [0.3, 0.4) is 0 Å². The van der Waals surface area contributed by atoms with Crippen molar-refractivity contribution >= 4 is 29.9 Å². The lowest BCUT2D eigenvalue weighted by Crippen LogP contribution is -2.52. The van der Waals surface area contributed by atoms with Crippen molar-refractivity contribution in [1.29, 1.82) is 0 Å². The molecular weight excluding hydrogens is 447 g/mol. The highest BCUT2D eigenvalue weighted by Crippen LogP contribution is 2.14. The van der Waals surface area contributed by atoms with Crippen molar-refractivity contribution in [2.24, 2.45) is 4.99 Å². The average molecular weight is 474 g/mol. The van der Waals surface area contributed by atoms with Crippen LogP contribution in [0.4, 0.5) is 0 Å². The summed E-state index contributed by atoms with van der Waals surface area (Å²) in [5.74, 6) is 2.09. The van der Waals surface area contributed by atoms with Crippen molar-refractivity contribution in [2.45, 2.75) is 32.9 Å². The number of nitrogens with zero attached hydrogens (tertiary/aromatic N) is 5. The molecule has 2 aromatic rings. The molecule has 26 heavy (non-hydrogen) atoms. The summed E-state index contributed by atoms with van der Waals surface area (Å²) in [6.45, 7) is 9.40. The van der Waals surface area contributed by atoms with Crippen LogP contribution in [0.5, 0.6) is 0 Å². The van der Waals surface area contributed by atoms with Gasteiger partial charge in [0.05, 0.1) is 17.9 Å². The summed E-state index contributed by atoms with van der Waals surface area (Å²) in [5, 5.41) is 11.4. The van der Waals surface area contributed by atoms with Gasteiger partial charge < -0.3 is 19.3 Å². The number of piperazine rings is 1. The van der Waals surface area contributed by atoms with E-state index in [0.717, 1.165) is 55.8 Å². The second-order valence-electron chi connectivity index (χ2n) is 6.53. The molecule has 1 saturated heterocycles. The Balaban J connectivity index is 0.00000243.